The average Bonchev–Trinajstić information content (AvgIpc) is 2.32. The van der Waals surface area contributed by atoms with Crippen LogP contribution in [0.3, 0.4) is 0 Å². The van der Waals surface area contributed by atoms with Crippen LogP contribution in [0.2, 0.25) is 5.15 Å². The summed E-state index contributed by atoms with van der Waals surface area (Å²) in [6.45, 7) is 2.65. The van der Waals surface area contributed by atoms with Crippen LogP contribution in [-0.2, 0) is 6.42 Å². The summed E-state index contributed by atoms with van der Waals surface area (Å²) in [4.78, 5) is 8.02. The van der Waals surface area contributed by atoms with Crippen molar-refractivity contribution in [2.45, 2.75) is 13.3 Å². The van der Waals surface area contributed by atoms with Crippen LogP contribution >= 0.6 is 11.6 Å². The highest BCUT2D eigenvalue weighted by molar-refractivity contribution is 6.29. The molecule has 0 atom stereocenters. The van der Waals surface area contributed by atoms with Crippen molar-refractivity contribution >= 4 is 11.6 Å². The van der Waals surface area contributed by atoms with Crippen LogP contribution in [0.25, 0.3) is 0 Å². The third kappa shape index (κ3) is 3.43. The van der Waals surface area contributed by atoms with E-state index in [0.29, 0.717) is 11.8 Å². The van der Waals surface area contributed by atoms with Gasteiger partial charge in [0.2, 0.25) is 0 Å². The zero-order valence-corrected chi connectivity index (χ0v) is 10.3. The third-order valence-corrected chi connectivity index (χ3v) is 2.52. The van der Waals surface area contributed by atoms with Crippen LogP contribution in [0.15, 0.2) is 36.7 Å². The van der Waals surface area contributed by atoms with E-state index in [9.17, 15) is 0 Å². The fraction of sp³-hybridized carbons (Fsp3) is 0.231. The Labute approximate surface area is 105 Å². The highest BCUT2D eigenvalue weighted by Gasteiger charge is 2.00. The molecule has 88 valence electrons. The number of rotatable bonds is 4. The van der Waals surface area contributed by atoms with Crippen molar-refractivity contribution in [3.8, 4) is 5.75 Å². The van der Waals surface area contributed by atoms with Crippen molar-refractivity contribution in [2.24, 2.45) is 0 Å². The first-order chi connectivity index (χ1) is 8.28. The maximum Gasteiger partial charge on any atom is 0.132 e. The predicted octanol–water partition coefficient (Wildman–Crippen LogP) is 3.12. The minimum Gasteiger partial charge on any atom is -0.494 e. The molecule has 3 nitrogen and oxygen atoms in total. The Bertz CT molecular complexity index is 485. The molecule has 0 amide bonds. The van der Waals surface area contributed by atoms with Gasteiger partial charge >= 0.3 is 0 Å². The molecular formula is C13H13ClN2O. The fourth-order valence-electron chi connectivity index (χ4n) is 1.55. The standard InChI is InChI=1S/C13H13ClN2O/c1-2-17-12-5-3-10(4-6-12)7-11-8-13(14)16-9-15-11/h3-6,8-9H,2,7H2,1H3. The molecule has 0 saturated heterocycles. The van der Waals surface area contributed by atoms with Crippen molar-refractivity contribution in [3.63, 3.8) is 0 Å². The summed E-state index contributed by atoms with van der Waals surface area (Å²) in [6.07, 6.45) is 2.22. The molecule has 0 unspecified atom stereocenters. The topological polar surface area (TPSA) is 35.0 Å². The van der Waals surface area contributed by atoms with Crippen molar-refractivity contribution in [1.82, 2.24) is 9.97 Å². The van der Waals surface area contributed by atoms with Gasteiger partial charge in [-0.25, -0.2) is 9.97 Å². The van der Waals surface area contributed by atoms with Gasteiger partial charge in [-0.2, -0.15) is 0 Å². The van der Waals surface area contributed by atoms with Gasteiger partial charge in [0.05, 0.1) is 6.61 Å². The summed E-state index contributed by atoms with van der Waals surface area (Å²) in [6, 6.07) is 9.75. The SMILES string of the molecule is CCOc1ccc(Cc2cc(Cl)ncn2)cc1. The third-order valence-electron chi connectivity index (χ3n) is 2.31. The number of benzene rings is 1. The van der Waals surface area contributed by atoms with Crippen LogP contribution in [0.5, 0.6) is 5.75 Å². The lowest BCUT2D eigenvalue weighted by Gasteiger charge is -2.04. The van der Waals surface area contributed by atoms with Crippen LogP contribution in [0.1, 0.15) is 18.2 Å². The van der Waals surface area contributed by atoms with E-state index in [1.54, 1.807) is 6.07 Å². The maximum atomic E-state index is 5.81. The summed E-state index contributed by atoms with van der Waals surface area (Å²) in [5, 5.41) is 0.473. The summed E-state index contributed by atoms with van der Waals surface area (Å²) >= 11 is 5.81. The van der Waals surface area contributed by atoms with Gasteiger partial charge < -0.3 is 4.74 Å². The van der Waals surface area contributed by atoms with Crippen LogP contribution in [0.4, 0.5) is 0 Å². The van der Waals surface area contributed by atoms with E-state index in [2.05, 4.69) is 9.97 Å². The number of aromatic nitrogens is 2. The van der Waals surface area contributed by atoms with Gasteiger partial charge in [-0.1, -0.05) is 23.7 Å². The first-order valence-corrected chi connectivity index (χ1v) is 5.84. The van der Waals surface area contributed by atoms with Crippen molar-refractivity contribution in [2.75, 3.05) is 6.61 Å². The minimum atomic E-state index is 0.473. The first-order valence-electron chi connectivity index (χ1n) is 5.46. The molecule has 0 fully saturated rings. The van der Waals surface area contributed by atoms with E-state index >= 15 is 0 Å². The Hall–Kier alpha value is -1.61. The molecule has 17 heavy (non-hydrogen) atoms. The highest BCUT2D eigenvalue weighted by atomic mass is 35.5. The van der Waals surface area contributed by atoms with Crippen LogP contribution in [-0.4, -0.2) is 16.6 Å². The van der Waals surface area contributed by atoms with E-state index < -0.39 is 0 Å². The molecule has 0 N–H and O–H groups in total. The predicted molar refractivity (Wildman–Crippen MR) is 67.5 cm³/mol. The van der Waals surface area contributed by atoms with Crippen molar-refractivity contribution < 1.29 is 4.74 Å². The average molecular weight is 249 g/mol. The number of ether oxygens (including phenoxy) is 1. The second-order valence-electron chi connectivity index (χ2n) is 3.59. The molecule has 0 saturated carbocycles. The van der Waals surface area contributed by atoms with E-state index in [1.165, 1.54) is 11.9 Å². The first kappa shape index (κ1) is 11.9. The summed E-state index contributed by atoms with van der Waals surface area (Å²) in [5.41, 5.74) is 2.08. The summed E-state index contributed by atoms with van der Waals surface area (Å²) in [5.74, 6) is 0.886. The summed E-state index contributed by atoms with van der Waals surface area (Å²) < 4.78 is 5.38. The Balaban J connectivity index is 2.08. The lowest BCUT2D eigenvalue weighted by Crippen LogP contribution is -1.94. The second kappa shape index (κ2) is 5.64. The molecule has 0 aliphatic heterocycles. The maximum absolute atomic E-state index is 5.81. The van der Waals surface area contributed by atoms with Gasteiger partial charge in [-0.05, 0) is 30.7 Å². The molecule has 0 bridgehead atoms. The number of nitrogens with zero attached hydrogens (tertiary/aromatic N) is 2. The minimum absolute atomic E-state index is 0.473. The molecule has 0 aliphatic carbocycles. The molecule has 0 radical (unpaired) electrons. The Morgan fingerprint density at radius 3 is 2.59 bits per heavy atom. The monoisotopic (exact) mass is 248 g/mol. The molecule has 4 heteroatoms. The van der Waals surface area contributed by atoms with Gasteiger partial charge in [0, 0.05) is 12.1 Å². The number of hydrogen-bond donors (Lipinski definition) is 0. The Morgan fingerprint density at radius 2 is 1.94 bits per heavy atom. The molecule has 2 aromatic rings. The van der Waals surface area contributed by atoms with Gasteiger partial charge in [-0.3, -0.25) is 0 Å². The Morgan fingerprint density at radius 1 is 1.18 bits per heavy atom. The van der Waals surface area contributed by atoms with Gasteiger partial charge in [0.1, 0.15) is 17.2 Å². The molecular weight excluding hydrogens is 236 g/mol. The molecule has 1 heterocycles. The molecule has 0 aliphatic rings. The zero-order chi connectivity index (χ0) is 12.1. The van der Waals surface area contributed by atoms with E-state index in [4.69, 9.17) is 16.3 Å². The number of hydrogen-bond acceptors (Lipinski definition) is 3. The van der Waals surface area contributed by atoms with E-state index in [-0.39, 0.29) is 0 Å². The second-order valence-corrected chi connectivity index (χ2v) is 3.97. The highest BCUT2D eigenvalue weighted by Crippen LogP contribution is 2.15. The molecule has 1 aromatic carbocycles. The van der Waals surface area contributed by atoms with Crippen LogP contribution < -0.4 is 4.74 Å². The van der Waals surface area contributed by atoms with Gasteiger partial charge in [0.15, 0.2) is 0 Å². The molecule has 0 spiro atoms. The lowest BCUT2D eigenvalue weighted by molar-refractivity contribution is 0.340. The quantitative estimate of drug-likeness (QED) is 0.780. The van der Waals surface area contributed by atoms with Gasteiger partial charge in [-0.15, -0.1) is 0 Å². The van der Waals surface area contributed by atoms with E-state index in [1.807, 2.05) is 31.2 Å². The fourth-order valence-corrected chi connectivity index (χ4v) is 1.72. The Kier molecular flexibility index (Phi) is 3.94. The smallest absolute Gasteiger partial charge is 0.132 e. The molecule has 2 rings (SSSR count). The van der Waals surface area contributed by atoms with Gasteiger partial charge in [0.25, 0.3) is 0 Å². The summed E-state index contributed by atoms with van der Waals surface area (Å²) in [7, 11) is 0. The molecule has 1 aromatic heterocycles. The number of halogens is 1. The largest absolute Gasteiger partial charge is 0.494 e. The van der Waals surface area contributed by atoms with Crippen LogP contribution in [0, 0.1) is 0 Å². The van der Waals surface area contributed by atoms with Crippen molar-refractivity contribution in [3.05, 3.63) is 53.1 Å². The zero-order valence-electron chi connectivity index (χ0n) is 9.56. The normalized spacial score (nSPS) is 10.2. The van der Waals surface area contributed by atoms with Crippen molar-refractivity contribution in [1.29, 1.82) is 0 Å². The van der Waals surface area contributed by atoms with E-state index in [0.717, 1.165) is 17.9 Å². The lowest BCUT2D eigenvalue weighted by atomic mass is 10.1.